The third-order valence-corrected chi connectivity index (χ3v) is 3.09. The van der Waals surface area contributed by atoms with Crippen LogP contribution in [0.25, 0.3) is 0 Å². The van der Waals surface area contributed by atoms with Gasteiger partial charge in [0.05, 0.1) is 5.92 Å². The highest BCUT2D eigenvalue weighted by molar-refractivity contribution is 5.33. The molecule has 1 aliphatic rings. The Morgan fingerprint density at radius 2 is 1.94 bits per heavy atom. The Morgan fingerprint density at radius 3 is 2.50 bits per heavy atom. The summed E-state index contributed by atoms with van der Waals surface area (Å²) in [5.74, 6) is -0.144. The molecule has 1 aromatic rings. The van der Waals surface area contributed by atoms with Gasteiger partial charge >= 0.3 is 0 Å². The van der Waals surface area contributed by atoms with E-state index in [0.29, 0.717) is 0 Å². The van der Waals surface area contributed by atoms with E-state index in [1.54, 1.807) is 12.2 Å². The lowest BCUT2D eigenvalue weighted by Gasteiger charge is -2.28. The highest BCUT2D eigenvalue weighted by Crippen LogP contribution is 2.37. The number of rotatable bonds is 2. The normalized spacial score (nSPS) is 27.9. The summed E-state index contributed by atoms with van der Waals surface area (Å²) >= 11 is 0. The molecule has 82 valence electrons. The molecule has 0 spiro atoms. The van der Waals surface area contributed by atoms with Crippen molar-refractivity contribution in [3.8, 4) is 0 Å². The van der Waals surface area contributed by atoms with Crippen LogP contribution >= 0.6 is 0 Å². The van der Waals surface area contributed by atoms with E-state index < -0.39 is 5.54 Å². The molecular weight excluding hydrogens is 202 g/mol. The zero-order chi connectivity index (χ0) is 11.6. The zero-order valence-electron chi connectivity index (χ0n) is 9.04. The van der Waals surface area contributed by atoms with E-state index in [0.717, 1.165) is 5.56 Å². The molecule has 0 amide bonds. The van der Waals surface area contributed by atoms with E-state index in [1.165, 1.54) is 0 Å². The molecule has 0 aromatic heterocycles. The van der Waals surface area contributed by atoms with Crippen molar-refractivity contribution < 1.29 is 4.92 Å². The van der Waals surface area contributed by atoms with Crippen molar-refractivity contribution in [2.24, 2.45) is 5.92 Å². The SMILES string of the molecule is CC1C=CC=CC1(c1ccccc1)[N+](=O)[O-]. The van der Waals surface area contributed by atoms with E-state index in [1.807, 2.05) is 49.4 Å². The van der Waals surface area contributed by atoms with Gasteiger partial charge in [-0.15, -0.1) is 0 Å². The fourth-order valence-corrected chi connectivity index (χ4v) is 2.13. The molecule has 0 aliphatic heterocycles. The van der Waals surface area contributed by atoms with Crippen LogP contribution in [-0.2, 0) is 5.54 Å². The fraction of sp³-hybridized carbons (Fsp3) is 0.231. The van der Waals surface area contributed by atoms with Crippen LogP contribution in [-0.4, -0.2) is 4.92 Å². The Bertz CT molecular complexity index is 450. The Morgan fingerprint density at radius 1 is 1.25 bits per heavy atom. The molecule has 1 aliphatic carbocycles. The van der Waals surface area contributed by atoms with Gasteiger partial charge in [-0.1, -0.05) is 55.5 Å². The van der Waals surface area contributed by atoms with Crippen molar-refractivity contribution in [1.29, 1.82) is 0 Å². The van der Waals surface area contributed by atoms with Crippen LogP contribution in [0.2, 0.25) is 0 Å². The topological polar surface area (TPSA) is 43.1 Å². The number of benzene rings is 1. The summed E-state index contributed by atoms with van der Waals surface area (Å²) in [5, 5.41) is 11.4. The highest BCUT2D eigenvalue weighted by atomic mass is 16.6. The van der Waals surface area contributed by atoms with E-state index in [4.69, 9.17) is 0 Å². The van der Waals surface area contributed by atoms with Crippen LogP contribution < -0.4 is 0 Å². The maximum absolute atomic E-state index is 11.4. The third kappa shape index (κ3) is 1.45. The number of hydrogen-bond donors (Lipinski definition) is 0. The molecule has 0 saturated heterocycles. The van der Waals surface area contributed by atoms with Gasteiger partial charge in [0, 0.05) is 10.5 Å². The van der Waals surface area contributed by atoms with Gasteiger partial charge in [0.1, 0.15) is 0 Å². The minimum Gasteiger partial charge on any atom is -0.263 e. The molecule has 3 heteroatoms. The Hall–Kier alpha value is -1.90. The van der Waals surface area contributed by atoms with Gasteiger partial charge in [-0.05, 0) is 6.08 Å². The lowest BCUT2D eigenvalue weighted by Crippen LogP contribution is -2.40. The molecule has 0 saturated carbocycles. The van der Waals surface area contributed by atoms with E-state index in [-0.39, 0.29) is 10.8 Å². The second-order valence-electron chi connectivity index (χ2n) is 3.98. The third-order valence-electron chi connectivity index (χ3n) is 3.09. The summed E-state index contributed by atoms with van der Waals surface area (Å²) < 4.78 is 0. The average Bonchev–Trinajstić information content (AvgIpc) is 2.30. The zero-order valence-corrected chi connectivity index (χ0v) is 9.04. The van der Waals surface area contributed by atoms with Gasteiger partial charge in [-0.25, -0.2) is 0 Å². The van der Waals surface area contributed by atoms with Crippen molar-refractivity contribution in [1.82, 2.24) is 0 Å². The lowest BCUT2D eigenvalue weighted by molar-refractivity contribution is -0.572. The van der Waals surface area contributed by atoms with Gasteiger partial charge in [-0.3, -0.25) is 10.1 Å². The van der Waals surface area contributed by atoms with Crippen molar-refractivity contribution in [2.45, 2.75) is 12.5 Å². The summed E-state index contributed by atoms with van der Waals surface area (Å²) in [7, 11) is 0. The van der Waals surface area contributed by atoms with Gasteiger partial charge in [0.15, 0.2) is 0 Å². The second kappa shape index (κ2) is 3.93. The quantitative estimate of drug-likeness (QED) is 0.562. The first-order chi connectivity index (χ1) is 7.68. The highest BCUT2D eigenvalue weighted by Gasteiger charge is 2.47. The first-order valence-electron chi connectivity index (χ1n) is 5.24. The van der Waals surface area contributed by atoms with Crippen molar-refractivity contribution in [3.63, 3.8) is 0 Å². The molecule has 2 unspecified atom stereocenters. The molecular formula is C13H13NO2. The average molecular weight is 215 g/mol. The molecule has 0 heterocycles. The number of nitrogens with zero attached hydrogens (tertiary/aromatic N) is 1. The minimum absolute atomic E-state index is 0.144. The van der Waals surface area contributed by atoms with Gasteiger partial charge in [0.2, 0.25) is 0 Å². The molecule has 0 N–H and O–H groups in total. The number of hydrogen-bond acceptors (Lipinski definition) is 2. The van der Waals surface area contributed by atoms with Crippen LogP contribution in [0, 0.1) is 16.0 Å². The van der Waals surface area contributed by atoms with Crippen LogP contribution in [0.4, 0.5) is 0 Å². The maximum atomic E-state index is 11.4. The standard InChI is InChI=1S/C13H13NO2/c1-11-7-5-6-10-13(11,14(15)16)12-8-3-2-4-9-12/h2-11H,1H3. The molecule has 1 aromatic carbocycles. The van der Waals surface area contributed by atoms with Crippen LogP contribution in [0.5, 0.6) is 0 Å². The first-order valence-corrected chi connectivity index (χ1v) is 5.24. The lowest BCUT2D eigenvalue weighted by atomic mass is 9.77. The second-order valence-corrected chi connectivity index (χ2v) is 3.98. The first kappa shape index (κ1) is 10.6. The molecule has 16 heavy (non-hydrogen) atoms. The molecule has 0 fully saturated rings. The maximum Gasteiger partial charge on any atom is 0.271 e. The molecule has 0 radical (unpaired) electrons. The van der Waals surface area contributed by atoms with E-state index >= 15 is 0 Å². The summed E-state index contributed by atoms with van der Waals surface area (Å²) in [6, 6.07) is 9.15. The van der Waals surface area contributed by atoms with Crippen molar-refractivity contribution in [3.05, 3.63) is 70.3 Å². The summed E-state index contributed by atoms with van der Waals surface area (Å²) in [5.41, 5.74) is -0.385. The minimum atomic E-state index is -1.12. The summed E-state index contributed by atoms with van der Waals surface area (Å²) in [6.45, 7) is 1.87. The van der Waals surface area contributed by atoms with Gasteiger partial charge in [0.25, 0.3) is 5.54 Å². The largest absolute Gasteiger partial charge is 0.271 e. The van der Waals surface area contributed by atoms with E-state index in [2.05, 4.69) is 0 Å². The molecule has 2 rings (SSSR count). The van der Waals surface area contributed by atoms with Crippen molar-refractivity contribution >= 4 is 0 Å². The monoisotopic (exact) mass is 215 g/mol. The van der Waals surface area contributed by atoms with Gasteiger partial charge < -0.3 is 0 Å². The molecule has 2 atom stereocenters. The van der Waals surface area contributed by atoms with Gasteiger partial charge in [-0.2, -0.15) is 0 Å². The smallest absolute Gasteiger partial charge is 0.263 e. The molecule has 0 bridgehead atoms. The summed E-state index contributed by atoms with van der Waals surface area (Å²) in [6.07, 6.45) is 7.15. The fourth-order valence-electron chi connectivity index (χ4n) is 2.13. The predicted octanol–water partition coefficient (Wildman–Crippen LogP) is 2.92. The number of allylic oxidation sites excluding steroid dienone is 2. The number of nitro groups is 1. The summed E-state index contributed by atoms with van der Waals surface area (Å²) in [4.78, 5) is 11.2. The Balaban J connectivity index is 2.57. The van der Waals surface area contributed by atoms with Crippen molar-refractivity contribution in [2.75, 3.05) is 0 Å². The Kier molecular flexibility index (Phi) is 2.60. The Labute approximate surface area is 94.3 Å². The predicted molar refractivity (Wildman–Crippen MR) is 62.6 cm³/mol. The van der Waals surface area contributed by atoms with Crippen LogP contribution in [0.1, 0.15) is 12.5 Å². The van der Waals surface area contributed by atoms with Crippen LogP contribution in [0.3, 0.4) is 0 Å². The van der Waals surface area contributed by atoms with E-state index in [9.17, 15) is 10.1 Å². The van der Waals surface area contributed by atoms with Crippen LogP contribution in [0.15, 0.2) is 54.6 Å². The molecule has 3 nitrogen and oxygen atoms in total.